The molecule has 0 aliphatic carbocycles. The summed E-state index contributed by atoms with van der Waals surface area (Å²) in [4.78, 5) is 27.6. The maximum absolute atomic E-state index is 12.3. The highest BCUT2D eigenvalue weighted by atomic mass is 32.2. The second-order valence-electron chi connectivity index (χ2n) is 4.39. The fourth-order valence-corrected chi connectivity index (χ4v) is 2.78. The Morgan fingerprint density at radius 1 is 1.17 bits per heavy atom. The number of nitrogens with one attached hydrogen (secondary N) is 1. The van der Waals surface area contributed by atoms with E-state index in [-0.39, 0.29) is 22.4 Å². The summed E-state index contributed by atoms with van der Waals surface area (Å²) in [5, 5.41) is 10.1. The summed E-state index contributed by atoms with van der Waals surface area (Å²) in [5.74, 6) is 0.560. The Labute approximate surface area is 135 Å². The minimum atomic E-state index is -0.476. The van der Waals surface area contributed by atoms with Gasteiger partial charge in [0.2, 0.25) is 5.88 Å². The molecule has 116 valence electrons. The van der Waals surface area contributed by atoms with E-state index in [9.17, 15) is 9.90 Å². The molecule has 0 saturated carbocycles. The van der Waals surface area contributed by atoms with Gasteiger partial charge < -0.3 is 14.8 Å². The topological polar surface area (TPSA) is 101 Å². The van der Waals surface area contributed by atoms with Gasteiger partial charge in [0.25, 0.3) is 5.56 Å². The summed E-state index contributed by atoms with van der Waals surface area (Å²) < 4.78 is 5.24. The molecule has 0 spiro atoms. The van der Waals surface area contributed by atoms with E-state index in [0.717, 1.165) is 11.8 Å². The zero-order valence-corrected chi connectivity index (χ0v) is 12.9. The highest BCUT2D eigenvalue weighted by Gasteiger charge is 2.16. The molecular weight excluding hydrogens is 316 g/mol. The summed E-state index contributed by atoms with van der Waals surface area (Å²) in [6.07, 6.45) is 3.05. The predicted octanol–water partition coefficient (Wildman–Crippen LogP) is 2.09. The van der Waals surface area contributed by atoms with Crippen molar-refractivity contribution in [1.82, 2.24) is 19.9 Å². The summed E-state index contributed by atoms with van der Waals surface area (Å²) in [6.45, 7) is 0. The van der Waals surface area contributed by atoms with Gasteiger partial charge in [0.1, 0.15) is 10.6 Å². The number of para-hydroxylation sites is 1. The summed E-state index contributed by atoms with van der Waals surface area (Å²) in [7, 11) is 1.54. The zero-order valence-electron chi connectivity index (χ0n) is 12.1. The third-order valence-corrected chi connectivity index (χ3v) is 4.05. The number of methoxy groups -OCH3 is 1. The number of aromatic nitrogens is 4. The fourth-order valence-electron chi connectivity index (χ4n) is 1.88. The molecule has 2 heterocycles. The maximum Gasteiger partial charge on any atom is 0.269 e. The molecule has 2 aromatic heterocycles. The van der Waals surface area contributed by atoms with Gasteiger partial charge >= 0.3 is 0 Å². The van der Waals surface area contributed by atoms with Crippen LogP contribution in [0.3, 0.4) is 0 Å². The van der Waals surface area contributed by atoms with Crippen LogP contribution in [0.4, 0.5) is 0 Å². The Morgan fingerprint density at radius 3 is 2.61 bits per heavy atom. The fraction of sp³-hybridized carbons (Fsp3) is 0.0667. The molecule has 0 fully saturated rings. The molecule has 0 unspecified atom stereocenters. The van der Waals surface area contributed by atoms with E-state index in [1.54, 1.807) is 18.2 Å². The molecule has 7 nitrogen and oxygen atoms in total. The highest BCUT2D eigenvalue weighted by Crippen LogP contribution is 2.36. The van der Waals surface area contributed by atoms with Gasteiger partial charge in [-0.25, -0.2) is 9.97 Å². The first-order valence-corrected chi connectivity index (χ1v) is 7.42. The molecule has 0 atom stereocenters. The summed E-state index contributed by atoms with van der Waals surface area (Å²) in [5.41, 5.74) is -0.476. The van der Waals surface area contributed by atoms with Gasteiger partial charge in [0, 0.05) is 12.4 Å². The van der Waals surface area contributed by atoms with Crippen LogP contribution in [-0.2, 0) is 0 Å². The number of aromatic amines is 1. The Bertz CT molecular complexity index is 883. The second-order valence-corrected chi connectivity index (χ2v) is 5.44. The minimum Gasteiger partial charge on any atom is -0.496 e. The van der Waals surface area contributed by atoms with Crippen LogP contribution in [0.15, 0.2) is 57.3 Å². The Kier molecular flexibility index (Phi) is 4.24. The third kappa shape index (κ3) is 3.16. The Hall–Kier alpha value is -2.87. The molecule has 0 amide bonds. The van der Waals surface area contributed by atoms with Crippen molar-refractivity contribution in [2.45, 2.75) is 9.79 Å². The van der Waals surface area contributed by atoms with Gasteiger partial charge in [-0.15, -0.1) is 0 Å². The molecule has 0 bridgehead atoms. The van der Waals surface area contributed by atoms with E-state index < -0.39 is 5.56 Å². The molecular formula is C15H12N4O3S. The van der Waals surface area contributed by atoms with Gasteiger partial charge in [-0.2, -0.15) is 4.98 Å². The number of hydrogen-bond donors (Lipinski definition) is 2. The number of H-pyrrole nitrogens is 1. The van der Waals surface area contributed by atoms with Gasteiger partial charge in [0.15, 0.2) is 11.6 Å². The van der Waals surface area contributed by atoms with Crippen LogP contribution >= 0.6 is 11.8 Å². The normalized spacial score (nSPS) is 10.5. The molecule has 8 heteroatoms. The number of aromatic hydroxyl groups is 1. The van der Waals surface area contributed by atoms with Crippen molar-refractivity contribution in [3.8, 4) is 23.3 Å². The molecule has 0 aliphatic heterocycles. The van der Waals surface area contributed by atoms with Gasteiger partial charge in [0.05, 0.1) is 12.0 Å². The second kappa shape index (κ2) is 6.49. The van der Waals surface area contributed by atoms with Crippen LogP contribution in [0.2, 0.25) is 0 Å². The number of benzene rings is 1. The Morgan fingerprint density at radius 2 is 1.91 bits per heavy atom. The molecule has 0 saturated heterocycles. The van der Waals surface area contributed by atoms with Crippen molar-refractivity contribution in [3.63, 3.8) is 0 Å². The van der Waals surface area contributed by atoms with Crippen LogP contribution in [-0.4, -0.2) is 32.2 Å². The van der Waals surface area contributed by atoms with E-state index in [1.807, 2.05) is 12.1 Å². The van der Waals surface area contributed by atoms with Crippen molar-refractivity contribution < 1.29 is 9.84 Å². The quantitative estimate of drug-likeness (QED) is 0.756. The first-order chi connectivity index (χ1) is 11.2. The summed E-state index contributed by atoms with van der Waals surface area (Å²) in [6, 6.07) is 8.84. The molecule has 23 heavy (non-hydrogen) atoms. The first-order valence-electron chi connectivity index (χ1n) is 6.60. The third-order valence-electron chi connectivity index (χ3n) is 2.92. The first kappa shape index (κ1) is 15.0. The number of ether oxygens (including phenoxy) is 1. The molecule has 0 radical (unpaired) electrons. The van der Waals surface area contributed by atoms with E-state index in [1.165, 1.54) is 19.5 Å². The monoisotopic (exact) mass is 328 g/mol. The van der Waals surface area contributed by atoms with Crippen molar-refractivity contribution in [3.05, 3.63) is 53.1 Å². The van der Waals surface area contributed by atoms with E-state index >= 15 is 0 Å². The number of hydrogen-bond acceptors (Lipinski definition) is 7. The lowest BCUT2D eigenvalue weighted by molar-refractivity contribution is 0.404. The van der Waals surface area contributed by atoms with E-state index in [2.05, 4.69) is 19.9 Å². The Balaban J connectivity index is 2.00. The number of nitrogens with zero attached hydrogens (tertiary/aromatic N) is 3. The standard InChI is InChI=1S/C15H12N4O3S/c1-22-9-5-2-3-6-10(9)23-11-14(20)18-13(19-15(11)21)12-16-7-4-8-17-12/h2-8H,1H3,(H2,18,19,20,21). The van der Waals surface area contributed by atoms with Crippen LogP contribution in [0.1, 0.15) is 0 Å². The van der Waals surface area contributed by atoms with Crippen LogP contribution < -0.4 is 10.3 Å². The van der Waals surface area contributed by atoms with Crippen molar-refractivity contribution >= 4 is 11.8 Å². The molecule has 1 aromatic carbocycles. The van der Waals surface area contributed by atoms with Crippen molar-refractivity contribution in [2.24, 2.45) is 0 Å². The van der Waals surface area contributed by atoms with Gasteiger partial charge in [-0.1, -0.05) is 23.9 Å². The van der Waals surface area contributed by atoms with Crippen molar-refractivity contribution in [1.29, 1.82) is 0 Å². The lowest BCUT2D eigenvalue weighted by atomic mass is 10.3. The lowest BCUT2D eigenvalue weighted by Crippen LogP contribution is -2.12. The maximum atomic E-state index is 12.3. The molecule has 2 N–H and O–H groups in total. The largest absolute Gasteiger partial charge is 0.496 e. The van der Waals surface area contributed by atoms with Crippen LogP contribution in [0.25, 0.3) is 11.6 Å². The van der Waals surface area contributed by atoms with Gasteiger partial charge in [-0.05, 0) is 18.2 Å². The summed E-state index contributed by atoms with van der Waals surface area (Å²) >= 11 is 1.07. The molecule has 3 rings (SSSR count). The van der Waals surface area contributed by atoms with E-state index in [0.29, 0.717) is 10.6 Å². The van der Waals surface area contributed by atoms with Gasteiger partial charge in [-0.3, -0.25) is 4.79 Å². The smallest absolute Gasteiger partial charge is 0.269 e. The predicted molar refractivity (Wildman–Crippen MR) is 84.7 cm³/mol. The average Bonchev–Trinajstić information content (AvgIpc) is 2.59. The zero-order chi connectivity index (χ0) is 16.2. The molecule has 3 aromatic rings. The molecule has 0 aliphatic rings. The lowest BCUT2D eigenvalue weighted by Gasteiger charge is -2.08. The SMILES string of the molecule is COc1ccccc1Sc1c(O)nc(-c2ncccn2)[nH]c1=O. The average molecular weight is 328 g/mol. The van der Waals surface area contributed by atoms with Crippen LogP contribution in [0, 0.1) is 0 Å². The number of rotatable bonds is 4. The van der Waals surface area contributed by atoms with E-state index in [4.69, 9.17) is 4.74 Å². The van der Waals surface area contributed by atoms with Crippen molar-refractivity contribution in [2.75, 3.05) is 7.11 Å². The highest BCUT2D eigenvalue weighted by molar-refractivity contribution is 7.99. The van der Waals surface area contributed by atoms with Crippen LogP contribution in [0.5, 0.6) is 11.6 Å². The minimum absolute atomic E-state index is 0.0779.